The van der Waals surface area contributed by atoms with Crippen LogP contribution in [0.1, 0.15) is 32.8 Å². The average Bonchev–Trinajstić information content (AvgIpc) is 2.48. The van der Waals surface area contributed by atoms with Crippen LogP contribution < -0.4 is 10.1 Å². The SMILES string of the molecule is CCCNCc1ccc(OCC(=O)N(CC)CC)c(Br)c1. The van der Waals surface area contributed by atoms with Gasteiger partial charge in [-0.15, -0.1) is 0 Å². The van der Waals surface area contributed by atoms with Crippen molar-refractivity contribution in [1.82, 2.24) is 10.2 Å². The van der Waals surface area contributed by atoms with Crippen LogP contribution in [0, 0.1) is 0 Å². The van der Waals surface area contributed by atoms with Gasteiger partial charge in [-0.2, -0.15) is 0 Å². The lowest BCUT2D eigenvalue weighted by atomic mass is 10.2. The number of nitrogens with one attached hydrogen (secondary N) is 1. The Labute approximate surface area is 136 Å². The van der Waals surface area contributed by atoms with Crippen LogP contribution in [-0.2, 0) is 11.3 Å². The number of hydrogen-bond acceptors (Lipinski definition) is 3. The topological polar surface area (TPSA) is 41.6 Å². The second-order valence-electron chi connectivity index (χ2n) is 4.80. The highest BCUT2D eigenvalue weighted by Crippen LogP contribution is 2.26. The first kappa shape index (κ1) is 18.0. The first-order valence-corrected chi connectivity index (χ1v) is 8.31. The van der Waals surface area contributed by atoms with Gasteiger partial charge in [0.1, 0.15) is 5.75 Å². The Balaban J connectivity index is 2.54. The van der Waals surface area contributed by atoms with Gasteiger partial charge in [-0.3, -0.25) is 4.79 Å². The quantitative estimate of drug-likeness (QED) is 0.690. The smallest absolute Gasteiger partial charge is 0.260 e. The Hall–Kier alpha value is -1.07. The summed E-state index contributed by atoms with van der Waals surface area (Å²) in [6.07, 6.45) is 1.12. The molecular formula is C16H25BrN2O2. The van der Waals surface area contributed by atoms with Crippen molar-refractivity contribution in [3.8, 4) is 5.75 Å². The van der Waals surface area contributed by atoms with Crippen LogP contribution in [0.3, 0.4) is 0 Å². The van der Waals surface area contributed by atoms with Crippen molar-refractivity contribution in [3.05, 3.63) is 28.2 Å². The second-order valence-corrected chi connectivity index (χ2v) is 5.65. The van der Waals surface area contributed by atoms with Gasteiger partial charge in [0, 0.05) is 19.6 Å². The van der Waals surface area contributed by atoms with Crippen LogP contribution in [0.25, 0.3) is 0 Å². The van der Waals surface area contributed by atoms with Crippen molar-refractivity contribution >= 4 is 21.8 Å². The summed E-state index contributed by atoms with van der Waals surface area (Å²) < 4.78 is 6.49. The predicted octanol–water partition coefficient (Wildman–Crippen LogP) is 3.20. The Morgan fingerprint density at radius 1 is 1.29 bits per heavy atom. The minimum Gasteiger partial charge on any atom is -0.483 e. The van der Waals surface area contributed by atoms with Gasteiger partial charge in [-0.25, -0.2) is 0 Å². The second kappa shape index (κ2) is 9.79. The van der Waals surface area contributed by atoms with Crippen molar-refractivity contribution in [2.75, 3.05) is 26.2 Å². The third-order valence-electron chi connectivity index (χ3n) is 3.22. The van der Waals surface area contributed by atoms with E-state index in [1.54, 1.807) is 4.90 Å². The van der Waals surface area contributed by atoms with E-state index in [0.29, 0.717) is 18.8 Å². The van der Waals surface area contributed by atoms with Crippen LogP contribution in [-0.4, -0.2) is 37.0 Å². The van der Waals surface area contributed by atoms with Crippen molar-refractivity contribution in [1.29, 1.82) is 0 Å². The highest BCUT2D eigenvalue weighted by atomic mass is 79.9. The van der Waals surface area contributed by atoms with E-state index in [0.717, 1.165) is 24.0 Å². The van der Waals surface area contributed by atoms with Gasteiger partial charge < -0.3 is 15.0 Å². The maximum absolute atomic E-state index is 11.9. The number of amides is 1. The summed E-state index contributed by atoms with van der Waals surface area (Å²) in [7, 11) is 0. The van der Waals surface area contributed by atoms with Crippen molar-refractivity contribution < 1.29 is 9.53 Å². The first-order chi connectivity index (χ1) is 10.1. The highest BCUT2D eigenvalue weighted by molar-refractivity contribution is 9.10. The molecule has 4 nitrogen and oxygen atoms in total. The van der Waals surface area contributed by atoms with E-state index in [1.165, 1.54) is 5.56 Å². The molecule has 1 aromatic carbocycles. The molecule has 118 valence electrons. The molecule has 21 heavy (non-hydrogen) atoms. The van der Waals surface area contributed by atoms with E-state index < -0.39 is 0 Å². The number of benzene rings is 1. The minimum atomic E-state index is 0.0144. The summed E-state index contributed by atoms with van der Waals surface area (Å²) in [5.41, 5.74) is 1.19. The average molecular weight is 357 g/mol. The largest absolute Gasteiger partial charge is 0.483 e. The number of likely N-dealkylation sites (N-methyl/N-ethyl adjacent to an activating group) is 1. The Kier molecular flexibility index (Phi) is 8.38. The van der Waals surface area contributed by atoms with Gasteiger partial charge in [0.15, 0.2) is 6.61 Å². The molecule has 0 saturated carbocycles. The molecular weight excluding hydrogens is 332 g/mol. The molecule has 0 fully saturated rings. The van der Waals surface area contributed by atoms with Crippen LogP contribution >= 0.6 is 15.9 Å². The third-order valence-corrected chi connectivity index (χ3v) is 3.84. The monoisotopic (exact) mass is 356 g/mol. The maximum Gasteiger partial charge on any atom is 0.260 e. The zero-order valence-electron chi connectivity index (χ0n) is 13.1. The molecule has 0 bridgehead atoms. The minimum absolute atomic E-state index is 0.0144. The number of hydrogen-bond donors (Lipinski definition) is 1. The van der Waals surface area contributed by atoms with Crippen molar-refractivity contribution in [3.63, 3.8) is 0 Å². The van der Waals surface area contributed by atoms with Gasteiger partial charge >= 0.3 is 0 Å². The molecule has 1 rings (SSSR count). The molecule has 0 unspecified atom stereocenters. The van der Waals surface area contributed by atoms with E-state index in [4.69, 9.17) is 4.74 Å². The Bertz CT molecular complexity index is 448. The van der Waals surface area contributed by atoms with E-state index in [-0.39, 0.29) is 12.5 Å². The zero-order valence-corrected chi connectivity index (χ0v) is 14.7. The van der Waals surface area contributed by atoms with Gasteiger partial charge in [-0.05, 0) is 60.4 Å². The molecule has 1 amide bonds. The van der Waals surface area contributed by atoms with E-state index in [2.05, 4.69) is 28.2 Å². The fraction of sp³-hybridized carbons (Fsp3) is 0.562. The predicted molar refractivity (Wildman–Crippen MR) is 89.6 cm³/mol. The van der Waals surface area contributed by atoms with Gasteiger partial charge in [0.2, 0.25) is 0 Å². The molecule has 0 aliphatic heterocycles. The number of halogens is 1. The lowest BCUT2D eigenvalue weighted by Gasteiger charge is -2.19. The fourth-order valence-electron chi connectivity index (χ4n) is 1.99. The molecule has 0 atom stereocenters. The number of carbonyl (C=O) groups is 1. The molecule has 1 aromatic rings. The maximum atomic E-state index is 11.9. The summed E-state index contributed by atoms with van der Waals surface area (Å²) in [4.78, 5) is 13.7. The van der Waals surface area contributed by atoms with Crippen LogP contribution in [0.2, 0.25) is 0 Å². The molecule has 0 aliphatic rings. The molecule has 5 heteroatoms. The van der Waals surface area contributed by atoms with Gasteiger partial charge in [0.25, 0.3) is 5.91 Å². The summed E-state index contributed by atoms with van der Waals surface area (Å²) in [6.45, 7) is 9.43. The Morgan fingerprint density at radius 3 is 2.57 bits per heavy atom. The number of rotatable bonds is 9. The number of nitrogens with zero attached hydrogens (tertiary/aromatic N) is 1. The molecule has 0 aliphatic carbocycles. The third kappa shape index (κ3) is 6.06. The van der Waals surface area contributed by atoms with E-state index >= 15 is 0 Å². The van der Waals surface area contributed by atoms with Crippen LogP contribution in [0.5, 0.6) is 5.75 Å². The lowest BCUT2D eigenvalue weighted by Crippen LogP contribution is -2.34. The summed E-state index contributed by atoms with van der Waals surface area (Å²) >= 11 is 3.50. The fourth-order valence-corrected chi connectivity index (χ4v) is 2.53. The summed E-state index contributed by atoms with van der Waals surface area (Å²) in [5.74, 6) is 0.718. The van der Waals surface area contributed by atoms with Crippen molar-refractivity contribution in [2.24, 2.45) is 0 Å². The van der Waals surface area contributed by atoms with Crippen molar-refractivity contribution in [2.45, 2.75) is 33.7 Å². The van der Waals surface area contributed by atoms with E-state index in [1.807, 2.05) is 32.0 Å². The summed E-state index contributed by atoms with van der Waals surface area (Å²) in [6, 6.07) is 5.95. The van der Waals surface area contributed by atoms with E-state index in [9.17, 15) is 4.79 Å². The standard InChI is InChI=1S/C16H25BrN2O2/c1-4-9-18-11-13-7-8-15(14(17)10-13)21-12-16(20)19(5-2)6-3/h7-8,10,18H,4-6,9,11-12H2,1-3H3. The molecule has 0 saturated heterocycles. The molecule has 0 radical (unpaired) electrons. The van der Waals surface area contributed by atoms with Crippen LogP contribution in [0.4, 0.5) is 0 Å². The molecule has 1 N–H and O–H groups in total. The zero-order chi connectivity index (χ0) is 15.7. The Morgan fingerprint density at radius 2 is 2.00 bits per heavy atom. The molecule has 0 spiro atoms. The number of ether oxygens (including phenoxy) is 1. The highest BCUT2D eigenvalue weighted by Gasteiger charge is 2.11. The normalized spacial score (nSPS) is 10.5. The first-order valence-electron chi connectivity index (χ1n) is 7.52. The van der Waals surface area contributed by atoms with Crippen LogP contribution in [0.15, 0.2) is 22.7 Å². The number of carbonyl (C=O) groups excluding carboxylic acids is 1. The van der Waals surface area contributed by atoms with Gasteiger partial charge in [0.05, 0.1) is 4.47 Å². The summed E-state index contributed by atoms with van der Waals surface area (Å²) in [5, 5.41) is 3.36. The molecule has 0 aromatic heterocycles. The molecule has 0 heterocycles. The van der Waals surface area contributed by atoms with Gasteiger partial charge in [-0.1, -0.05) is 13.0 Å². The lowest BCUT2D eigenvalue weighted by molar-refractivity contribution is -0.132.